The summed E-state index contributed by atoms with van der Waals surface area (Å²) in [6.45, 7) is 4.84. The number of hydrogen-bond acceptors (Lipinski definition) is 0. The fourth-order valence-corrected chi connectivity index (χ4v) is 0.343. The maximum atomic E-state index is 11.7. The Labute approximate surface area is 55.4 Å². The zero-order valence-electron chi connectivity index (χ0n) is 5.60. The molecule has 0 unspecified atom stereocenters. The Morgan fingerprint density at radius 3 is 2.67 bits per heavy atom. The molecule has 0 spiro atoms. The molecule has 0 aromatic heterocycles. The second-order valence-electron chi connectivity index (χ2n) is 1.77. The van der Waals surface area contributed by atoms with Crippen LogP contribution in [0.2, 0.25) is 0 Å². The fraction of sp³-hybridized carbons (Fsp3) is 0.250. The lowest BCUT2D eigenvalue weighted by atomic mass is 10.3. The van der Waals surface area contributed by atoms with E-state index in [1.54, 1.807) is 31.2 Å². The van der Waals surface area contributed by atoms with Gasteiger partial charge in [-0.25, -0.2) is 4.39 Å². The zero-order chi connectivity index (χ0) is 7.11. The SMILES string of the molecule is C=C/C=C\C=C(/C)CF. The molecule has 9 heavy (non-hydrogen) atoms. The summed E-state index contributed by atoms with van der Waals surface area (Å²) in [5.41, 5.74) is 0.730. The minimum Gasteiger partial charge on any atom is -0.246 e. The molecule has 50 valence electrons. The first-order valence-electron chi connectivity index (χ1n) is 2.82. The van der Waals surface area contributed by atoms with E-state index in [0.29, 0.717) is 0 Å². The van der Waals surface area contributed by atoms with Gasteiger partial charge in [-0.05, 0) is 12.5 Å². The van der Waals surface area contributed by atoms with Crippen LogP contribution in [0.1, 0.15) is 6.92 Å². The maximum absolute atomic E-state index is 11.7. The van der Waals surface area contributed by atoms with Gasteiger partial charge < -0.3 is 0 Å². The van der Waals surface area contributed by atoms with Gasteiger partial charge in [-0.15, -0.1) is 0 Å². The Morgan fingerprint density at radius 1 is 1.56 bits per heavy atom. The van der Waals surface area contributed by atoms with E-state index in [1.165, 1.54) is 0 Å². The van der Waals surface area contributed by atoms with E-state index in [4.69, 9.17) is 0 Å². The molecule has 0 bridgehead atoms. The van der Waals surface area contributed by atoms with Crippen molar-refractivity contribution in [2.45, 2.75) is 6.92 Å². The van der Waals surface area contributed by atoms with Gasteiger partial charge in [-0.1, -0.05) is 30.9 Å². The van der Waals surface area contributed by atoms with Gasteiger partial charge in [0.05, 0.1) is 0 Å². The molecule has 0 amide bonds. The molecular formula is C8H11F. The normalized spacial score (nSPS) is 12.4. The van der Waals surface area contributed by atoms with Crippen LogP contribution in [0.15, 0.2) is 36.5 Å². The quantitative estimate of drug-likeness (QED) is 0.510. The number of halogens is 1. The summed E-state index contributed by atoms with van der Waals surface area (Å²) in [5, 5.41) is 0. The molecule has 0 aromatic rings. The second-order valence-corrected chi connectivity index (χ2v) is 1.77. The number of alkyl halides is 1. The van der Waals surface area contributed by atoms with Crippen molar-refractivity contribution in [1.29, 1.82) is 0 Å². The number of hydrogen-bond donors (Lipinski definition) is 0. The van der Waals surface area contributed by atoms with Crippen LogP contribution in [0.5, 0.6) is 0 Å². The van der Waals surface area contributed by atoms with Crippen molar-refractivity contribution in [3.8, 4) is 0 Å². The fourth-order valence-electron chi connectivity index (χ4n) is 0.343. The van der Waals surface area contributed by atoms with E-state index >= 15 is 0 Å². The summed E-state index contributed by atoms with van der Waals surface area (Å²) in [7, 11) is 0. The van der Waals surface area contributed by atoms with Crippen LogP contribution >= 0.6 is 0 Å². The Morgan fingerprint density at radius 2 is 2.22 bits per heavy atom. The highest BCUT2D eigenvalue weighted by Crippen LogP contribution is 1.92. The van der Waals surface area contributed by atoms with E-state index in [-0.39, 0.29) is 6.67 Å². The van der Waals surface area contributed by atoms with Crippen LogP contribution in [0, 0.1) is 0 Å². The molecule has 0 heterocycles. The van der Waals surface area contributed by atoms with Crippen LogP contribution in [0.25, 0.3) is 0 Å². The molecule has 0 radical (unpaired) electrons. The average molecular weight is 126 g/mol. The van der Waals surface area contributed by atoms with Crippen LogP contribution in [-0.2, 0) is 0 Å². The topological polar surface area (TPSA) is 0 Å². The van der Waals surface area contributed by atoms with Crippen molar-refractivity contribution < 1.29 is 4.39 Å². The van der Waals surface area contributed by atoms with Gasteiger partial charge in [0.1, 0.15) is 6.67 Å². The van der Waals surface area contributed by atoms with Crippen molar-refractivity contribution in [3.05, 3.63) is 36.5 Å². The van der Waals surface area contributed by atoms with E-state index in [1.807, 2.05) is 0 Å². The van der Waals surface area contributed by atoms with Gasteiger partial charge in [0.25, 0.3) is 0 Å². The molecule has 0 nitrogen and oxygen atoms in total. The average Bonchev–Trinajstić information content (AvgIpc) is 1.89. The first-order chi connectivity index (χ1) is 4.31. The van der Waals surface area contributed by atoms with E-state index in [0.717, 1.165) is 5.57 Å². The van der Waals surface area contributed by atoms with Crippen molar-refractivity contribution in [1.82, 2.24) is 0 Å². The minimum absolute atomic E-state index is 0.374. The molecule has 0 aromatic carbocycles. The second kappa shape index (κ2) is 5.29. The van der Waals surface area contributed by atoms with Crippen LogP contribution in [-0.4, -0.2) is 6.67 Å². The molecule has 0 atom stereocenters. The molecule has 0 rings (SSSR count). The lowest BCUT2D eigenvalue weighted by molar-refractivity contribution is 0.543. The summed E-state index contributed by atoms with van der Waals surface area (Å²) in [6.07, 6.45) is 6.91. The largest absolute Gasteiger partial charge is 0.246 e. The molecule has 0 aliphatic heterocycles. The number of rotatable bonds is 3. The number of allylic oxidation sites excluding steroid dienone is 5. The van der Waals surface area contributed by atoms with Crippen LogP contribution < -0.4 is 0 Å². The van der Waals surface area contributed by atoms with E-state index < -0.39 is 0 Å². The monoisotopic (exact) mass is 126 g/mol. The van der Waals surface area contributed by atoms with E-state index in [9.17, 15) is 4.39 Å². The predicted molar refractivity (Wildman–Crippen MR) is 39.1 cm³/mol. The lowest BCUT2D eigenvalue weighted by Crippen LogP contribution is -1.73. The summed E-state index contributed by atoms with van der Waals surface area (Å²) in [5.74, 6) is 0. The smallest absolute Gasteiger partial charge is 0.111 e. The highest BCUT2D eigenvalue weighted by Gasteiger charge is 1.79. The standard InChI is InChI=1S/C8H11F/c1-3-4-5-6-8(2)7-9/h3-6H,1,7H2,2H3/b5-4-,8-6+. The highest BCUT2D eigenvalue weighted by molar-refractivity contribution is 5.14. The molecule has 0 saturated heterocycles. The third kappa shape index (κ3) is 5.01. The molecule has 0 aliphatic carbocycles. The molecule has 1 heteroatoms. The summed E-state index contributed by atoms with van der Waals surface area (Å²) < 4.78 is 11.7. The van der Waals surface area contributed by atoms with Gasteiger partial charge in [0.15, 0.2) is 0 Å². The molecule has 0 saturated carbocycles. The molecule has 0 fully saturated rings. The van der Waals surface area contributed by atoms with Crippen LogP contribution in [0.4, 0.5) is 4.39 Å². The summed E-state index contributed by atoms with van der Waals surface area (Å²) in [6, 6.07) is 0. The highest BCUT2D eigenvalue weighted by atomic mass is 19.1. The zero-order valence-corrected chi connectivity index (χ0v) is 5.60. The Bertz CT molecular complexity index is 132. The van der Waals surface area contributed by atoms with Gasteiger partial charge in [-0.3, -0.25) is 0 Å². The Balaban J connectivity index is 3.67. The summed E-state index contributed by atoms with van der Waals surface area (Å²) >= 11 is 0. The van der Waals surface area contributed by atoms with Gasteiger partial charge in [-0.2, -0.15) is 0 Å². The molecule has 0 N–H and O–H groups in total. The summed E-state index contributed by atoms with van der Waals surface area (Å²) in [4.78, 5) is 0. The predicted octanol–water partition coefficient (Wildman–Crippen LogP) is 2.64. The van der Waals surface area contributed by atoms with Crippen LogP contribution in [0.3, 0.4) is 0 Å². The van der Waals surface area contributed by atoms with Crippen molar-refractivity contribution in [3.63, 3.8) is 0 Å². The maximum Gasteiger partial charge on any atom is 0.111 e. The first-order valence-corrected chi connectivity index (χ1v) is 2.82. The minimum atomic E-state index is -0.374. The van der Waals surface area contributed by atoms with Gasteiger partial charge in [0, 0.05) is 0 Å². The van der Waals surface area contributed by atoms with Crippen molar-refractivity contribution in [2.24, 2.45) is 0 Å². The Kier molecular flexibility index (Phi) is 4.79. The third-order valence-electron chi connectivity index (χ3n) is 0.839. The Hall–Kier alpha value is -0.850. The van der Waals surface area contributed by atoms with Gasteiger partial charge >= 0.3 is 0 Å². The van der Waals surface area contributed by atoms with E-state index in [2.05, 4.69) is 6.58 Å². The molecule has 0 aliphatic rings. The lowest BCUT2D eigenvalue weighted by Gasteiger charge is -1.84. The van der Waals surface area contributed by atoms with Crippen molar-refractivity contribution in [2.75, 3.05) is 6.67 Å². The third-order valence-corrected chi connectivity index (χ3v) is 0.839. The van der Waals surface area contributed by atoms with Crippen molar-refractivity contribution >= 4 is 0 Å². The molecular weight excluding hydrogens is 115 g/mol. The van der Waals surface area contributed by atoms with Gasteiger partial charge in [0.2, 0.25) is 0 Å². The first kappa shape index (κ1) is 8.15.